The number of rotatable bonds is 3. The highest BCUT2D eigenvalue weighted by molar-refractivity contribution is 6.04. The van der Waals surface area contributed by atoms with Gasteiger partial charge in [-0.05, 0) is 43.3 Å². The first-order valence-electron chi connectivity index (χ1n) is 8.09. The van der Waals surface area contributed by atoms with Gasteiger partial charge in [-0.2, -0.15) is 0 Å². The minimum Gasteiger partial charge on any atom is -0.322 e. The molecule has 4 rings (SSSR count). The molecule has 5 nitrogen and oxygen atoms in total. The minimum atomic E-state index is -0.445. The molecule has 2 heterocycles. The summed E-state index contributed by atoms with van der Waals surface area (Å²) in [5.74, 6) is -0.191. The molecule has 0 atom stereocenters. The molecule has 0 aliphatic carbocycles. The summed E-state index contributed by atoms with van der Waals surface area (Å²) in [6.07, 6.45) is 3.60. The van der Waals surface area contributed by atoms with Crippen LogP contribution in [0.5, 0.6) is 0 Å². The first-order chi connectivity index (χ1) is 12.6. The molecule has 0 unspecified atom stereocenters. The van der Waals surface area contributed by atoms with Gasteiger partial charge in [-0.3, -0.25) is 9.20 Å². The first kappa shape index (κ1) is 16.0. The van der Waals surface area contributed by atoms with E-state index in [1.807, 2.05) is 41.8 Å². The van der Waals surface area contributed by atoms with E-state index in [0.29, 0.717) is 11.5 Å². The largest absolute Gasteiger partial charge is 0.322 e. The zero-order chi connectivity index (χ0) is 18.1. The Morgan fingerprint density at radius 1 is 1.12 bits per heavy atom. The number of carbonyl (C=O) groups is 1. The number of carbonyl (C=O) groups excluding carboxylic acids is 1. The van der Waals surface area contributed by atoms with Crippen molar-refractivity contribution in [3.8, 4) is 11.3 Å². The fourth-order valence-corrected chi connectivity index (χ4v) is 2.85. The Hall–Kier alpha value is -3.54. The van der Waals surface area contributed by atoms with E-state index in [1.54, 1.807) is 18.3 Å². The van der Waals surface area contributed by atoms with Crippen LogP contribution < -0.4 is 5.32 Å². The highest BCUT2D eigenvalue weighted by Gasteiger charge is 2.12. The van der Waals surface area contributed by atoms with E-state index < -0.39 is 5.82 Å². The van der Waals surface area contributed by atoms with Gasteiger partial charge in [0, 0.05) is 34.9 Å². The second kappa shape index (κ2) is 6.40. The van der Waals surface area contributed by atoms with Crippen LogP contribution in [0.25, 0.3) is 17.0 Å². The Morgan fingerprint density at radius 3 is 2.77 bits per heavy atom. The summed E-state index contributed by atoms with van der Waals surface area (Å²) in [5, 5.41) is 2.79. The third-order valence-electron chi connectivity index (χ3n) is 4.12. The minimum absolute atomic E-state index is 0.267. The third-order valence-corrected chi connectivity index (χ3v) is 4.12. The van der Waals surface area contributed by atoms with Gasteiger partial charge in [0.2, 0.25) is 5.78 Å². The predicted molar refractivity (Wildman–Crippen MR) is 97.5 cm³/mol. The number of hydrogen-bond acceptors (Lipinski definition) is 3. The Morgan fingerprint density at radius 2 is 1.96 bits per heavy atom. The van der Waals surface area contributed by atoms with Crippen molar-refractivity contribution in [1.29, 1.82) is 0 Å². The van der Waals surface area contributed by atoms with Crippen LogP contribution in [0.4, 0.5) is 10.1 Å². The molecule has 0 aliphatic heterocycles. The summed E-state index contributed by atoms with van der Waals surface area (Å²) in [6.45, 7) is 1.97. The second-order valence-electron chi connectivity index (χ2n) is 5.88. The van der Waals surface area contributed by atoms with Gasteiger partial charge in [-0.1, -0.05) is 18.2 Å². The number of fused-ring (bicyclic) bond motifs is 1. The average Bonchev–Trinajstić information content (AvgIpc) is 2.99. The van der Waals surface area contributed by atoms with Crippen LogP contribution in [0.3, 0.4) is 0 Å². The smallest absolute Gasteiger partial charge is 0.255 e. The highest BCUT2D eigenvalue weighted by atomic mass is 19.1. The van der Waals surface area contributed by atoms with Crippen LogP contribution >= 0.6 is 0 Å². The van der Waals surface area contributed by atoms with Gasteiger partial charge < -0.3 is 5.32 Å². The molecule has 4 aromatic rings. The van der Waals surface area contributed by atoms with Crippen molar-refractivity contribution in [2.75, 3.05) is 5.32 Å². The molecule has 2 aromatic heterocycles. The molecule has 1 amide bonds. The topological polar surface area (TPSA) is 59.3 Å². The number of nitrogens with zero attached hydrogens (tertiary/aromatic N) is 3. The number of hydrogen-bond donors (Lipinski definition) is 1. The Bertz CT molecular complexity index is 1120. The van der Waals surface area contributed by atoms with E-state index in [2.05, 4.69) is 15.3 Å². The average molecular weight is 346 g/mol. The zero-order valence-electron chi connectivity index (χ0n) is 14.0. The van der Waals surface area contributed by atoms with Crippen molar-refractivity contribution in [1.82, 2.24) is 14.4 Å². The monoisotopic (exact) mass is 346 g/mol. The van der Waals surface area contributed by atoms with Crippen molar-refractivity contribution in [3.63, 3.8) is 0 Å². The van der Waals surface area contributed by atoms with Crippen LogP contribution in [-0.4, -0.2) is 20.3 Å². The van der Waals surface area contributed by atoms with Crippen LogP contribution in [0, 0.1) is 12.7 Å². The van der Waals surface area contributed by atoms with Crippen molar-refractivity contribution in [2.24, 2.45) is 0 Å². The molecule has 0 saturated heterocycles. The maximum absolute atomic E-state index is 13.3. The zero-order valence-corrected chi connectivity index (χ0v) is 14.0. The standard InChI is InChI=1S/C20H15FN4O/c1-13-18(24-20-22-9-4-10-25(13)20)14-5-3-8-17(12-14)23-19(26)15-6-2-7-16(21)11-15/h2-12H,1H3,(H,23,26). The van der Waals surface area contributed by atoms with Gasteiger partial charge in [-0.25, -0.2) is 14.4 Å². The van der Waals surface area contributed by atoms with Gasteiger partial charge in [0.15, 0.2) is 0 Å². The summed E-state index contributed by atoms with van der Waals surface area (Å²) >= 11 is 0. The number of imidazole rings is 1. The lowest BCUT2D eigenvalue weighted by Gasteiger charge is -2.07. The van der Waals surface area contributed by atoms with Gasteiger partial charge >= 0.3 is 0 Å². The molecular weight excluding hydrogens is 331 g/mol. The van der Waals surface area contributed by atoms with Crippen LogP contribution in [0.15, 0.2) is 67.0 Å². The van der Waals surface area contributed by atoms with Crippen LogP contribution in [0.1, 0.15) is 16.1 Å². The number of halogens is 1. The molecule has 1 N–H and O–H groups in total. The molecule has 0 saturated carbocycles. The van der Waals surface area contributed by atoms with Crippen molar-refractivity contribution < 1.29 is 9.18 Å². The maximum Gasteiger partial charge on any atom is 0.255 e. The summed E-state index contributed by atoms with van der Waals surface area (Å²) < 4.78 is 15.2. The fraction of sp³-hybridized carbons (Fsp3) is 0.0500. The molecule has 26 heavy (non-hydrogen) atoms. The normalized spacial score (nSPS) is 10.8. The van der Waals surface area contributed by atoms with E-state index >= 15 is 0 Å². The summed E-state index contributed by atoms with van der Waals surface area (Å²) in [7, 11) is 0. The second-order valence-corrected chi connectivity index (χ2v) is 5.88. The van der Waals surface area contributed by atoms with Gasteiger partial charge in [0.1, 0.15) is 5.82 Å². The molecule has 0 bridgehead atoms. The number of anilines is 1. The lowest BCUT2D eigenvalue weighted by atomic mass is 10.1. The van der Waals surface area contributed by atoms with Crippen LogP contribution in [0.2, 0.25) is 0 Å². The predicted octanol–water partition coefficient (Wildman–Crippen LogP) is 4.10. The summed E-state index contributed by atoms with van der Waals surface area (Å²) in [6, 6.07) is 14.8. The van der Waals surface area contributed by atoms with E-state index in [9.17, 15) is 9.18 Å². The van der Waals surface area contributed by atoms with E-state index in [0.717, 1.165) is 17.0 Å². The molecule has 2 aromatic carbocycles. The fourth-order valence-electron chi connectivity index (χ4n) is 2.85. The Labute approximate surface area is 149 Å². The van der Waals surface area contributed by atoms with Gasteiger partial charge in [-0.15, -0.1) is 0 Å². The number of amides is 1. The summed E-state index contributed by atoms with van der Waals surface area (Å²) in [4.78, 5) is 21.1. The molecule has 0 radical (unpaired) electrons. The van der Waals surface area contributed by atoms with Crippen molar-refractivity contribution >= 4 is 17.4 Å². The molecule has 0 aliphatic rings. The van der Waals surface area contributed by atoms with Crippen LogP contribution in [-0.2, 0) is 0 Å². The number of aryl methyl sites for hydroxylation is 1. The lowest BCUT2D eigenvalue weighted by Crippen LogP contribution is -2.12. The Balaban J connectivity index is 1.66. The first-order valence-corrected chi connectivity index (χ1v) is 8.09. The third kappa shape index (κ3) is 2.93. The molecular formula is C20H15FN4O. The SMILES string of the molecule is Cc1c(-c2cccc(NC(=O)c3cccc(F)c3)c2)nc2ncccn12. The molecule has 0 spiro atoms. The van der Waals surface area contributed by atoms with E-state index in [1.165, 1.54) is 18.2 Å². The molecule has 6 heteroatoms. The van der Waals surface area contributed by atoms with E-state index in [4.69, 9.17) is 0 Å². The van der Waals surface area contributed by atoms with Crippen molar-refractivity contribution in [3.05, 3.63) is 84.1 Å². The number of nitrogens with one attached hydrogen (secondary N) is 1. The van der Waals surface area contributed by atoms with Crippen molar-refractivity contribution in [2.45, 2.75) is 6.92 Å². The molecule has 128 valence electrons. The van der Waals surface area contributed by atoms with Gasteiger partial charge in [0.25, 0.3) is 5.91 Å². The number of benzene rings is 2. The maximum atomic E-state index is 13.3. The summed E-state index contributed by atoms with van der Waals surface area (Å²) in [5.41, 5.74) is 3.50. The number of aromatic nitrogens is 3. The Kier molecular flexibility index (Phi) is 3.93. The van der Waals surface area contributed by atoms with Gasteiger partial charge in [0.05, 0.1) is 5.69 Å². The highest BCUT2D eigenvalue weighted by Crippen LogP contribution is 2.25. The quantitative estimate of drug-likeness (QED) is 0.608. The lowest BCUT2D eigenvalue weighted by molar-refractivity contribution is 0.102. The molecule has 0 fully saturated rings. The van der Waals surface area contributed by atoms with E-state index in [-0.39, 0.29) is 11.5 Å².